The molecule has 1 heterocycles. The van der Waals surface area contributed by atoms with Gasteiger partial charge in [-0.25, -0.2) is 8.42 Å². The first kappa shape index (κ1) is 15.4. The Morgan fingerprint density at radius 1 is 1.50 bits per heavy atom. The maximum atomic E-state index is 12.0. The van der Waals surface area contributed by atoms with Gasteiger partial charge in [0.25, 0.3) is 0 Å². The minimum absolute atomic E-state index is 0.108. The lowest BCUT2D eigenvalue weighted by molar-refractivity contribution is -0.121. The van der Waals surface area contributed by atoms with E-state index in [1.165, 1.54) is 0 Å². The summed E-state index contributed by atoms with van der Waals surface area (Å²) in [4.78, 5) is 12.0. The SMILES string of the molecule is COCCC(CN)NC(=O)C1CCCCS1(=O)=O. The highest BCUT2D eigenvalue weighted by Gasteiger charge is 2.35. The fourth-order valence-electron chi connectivity index (χ4n) is 2.05. The molecule has 1 amide bonds. The second kappa shape index (κ2) is 7.06. The molecular weight excluding hydrogens is 256 g/mol. The Morgan fingerprint density at radius 3 is 2.78 bits per heavy atom. The lowest BCUT2D eigenvalue weighted by Gasteiger charge is -2.24. The van der Waals surface area contributed by atoms with Crippen molar-refractivity contribution in [3.05, 3.63) is 0 Å². The molecule has 0 radical (unpaired) electrons. The quantitative estimate of drug-likeness (QED) is 0.678. The average Bonchev–Trinajstić information content (AvgIpc) is 2.33. The van der Waals surface area contributed by atoms with Crippen LogP contribution < -0.4 is 11.1 Å². The molecule has 7 heteroatoms. The third-order valence-corrected chi connectivity index (χ3v) is 5.35. The molecule has 6 nitrogen and oxygen atoms in total. The van der Waals surface area contributed by atoms with Crippen LogP contribution in [0.3, 0.4) is 0 Å². The summed E-state index contributed by atoms with van der Waals surface area (Å²) in [6.45, 7) is 0.765. The van der Waals surface area contributed by atoms with E-state index in [1.807, 2.05) is 0 Å². The lowest BCUT2D eigenvalue weighted by atomic mass is 10.1. The van der Waals surface area contributed by atoms with Crippen LogP contribution in [0.25, 0.3) is 0 Å². The molecular formula is C11H22N2O4S. The zero-order valence-electron chi connectivity index (χ0n) is 10.7. The zero-order chi connectivity index (χ0) is 13.6. The highest BCUT2D eigenvalue weighted by atomic mass is 32.2. The van der Waals surface area contributed by atoms with Crippen LogP contribution in [0.2, 0.25) is 0 Å². The van der Waals surface area contributed by atoms with E-state index in [0.717, 1.165) is 6.42 Å². The number of carbonyl (C=O) groups excluding carboxylic acids is 1. The third-order valence-electron chi connectivity index (χ3n) is 3.17. The second-order valence-corrected chi connectivity index (χ2v) is 6.88. The predicted octanol–water partition coefficient (Wildman–Crippen LogP) is -0.566. The van der Waals surface area contributed by atoms with Gasteiger partial charge >= 0.3 is 0 Å². The van der Waals surface area contributed by atoms with Gasteiger partial charge in [-0.1, -0.05) is 6.42 Å². The number of nitrogens with two attached hydrogens (primary N) is 1. The zero-order valence-corrected chi connectivity index (χ0v) is 11.5. The maximum absolute atomic E-state index is 12.0. The number of methoxy groups -OCH3 is 1. The van der Waals surface area contributed by atoms with Gasteiger partial charge in [-0.3, -0.25) is 4.79 Å². The molecule has 0 aromatic carbocycles. The van der Waals surface area contributed by atoms with Crippen molar-refractivity contribution < 1.29 is 17.9 Å². The Hall–Kier alpha value is -0.660. The summed E-state index contributed by atoms with van der Waals surface area (Å²) in [5.41, 5.74) is 5.54. The van der Waals surface area contributed by atoms with Crippen LogP contribution >= 0.6 is 0 Å². The summed E-state index contributed by atoms with van der Waals surface area (Å²) < 4.78 is 28.5. The summed E-state index contributed by atoms with van der Waals surface area (Å²) in [5, 5.41) is 1.80. The Balaban J connectivity index is 2.57. The summed E-state index contributed by atoms with van der Waals surface area (Å²) in [6.07, 6.45) is 2.43. The molecule has 1 aliphatic rings. The van der Waals surface area contributed by atoms with Crippen molar-refractivity contribution in [1.29, 1.82) is 0 Å². The first-order valence-electron chi connectivity index (χ1n) is 6.22. The number of carbonyl (C=O) groups is 1. The van der Waals surface area contributed by atoms with Gasteiger partial charge in [-0.2, -0.15) is 0 Å². The van der Waals surface area contributed by atoms with Gasteiger partial charge in [0, 0.05) is 26.3 Å². The molecule has 0 spiro atoms. The summed E-state index contributed by atoms with van der Waals surface area (Å²) >= 11 is 0. The molecule has 106 valence electrons. The summed E-state index contributed by atoms with van der Waals surface area (Å²) in [5.74, 6) is -0.308. The van der Waals surface area contributed by atoms with Gasteiger partial charge in [0.1, 0.15) is 5.25 Å². The number of ether oxygens (including phenoxy) is 1. The van der Waals surface area contributed by atoms with E-state index in [4.69, 9.17) is 10.5 Å². The molecule has 1 rings (SSSR count). The number of amides is 1. The third kappa shape index (κ3) is 4.22. The van der Waals surface area contributed by atoms with Crippen LogP contribution in [0.15, 0.2) is 0 Å². The number of nitrogens with one attached hydrogen (secondary N) is 1. The lowest BCUT2D eigenvalue weighted by Crippen LogP contribution is -2.49. The van der Waals surface area contributed by atoms with Crippen LogP contribution in [0, 0.1) is 0 Å². The Kier molecular flexibility index (Phi) is 6.04. The molecule has 18 heavy (non-hydrogen) atoms. The molecule has 2 atom stereocenters. The van der Waals surface area contributed by atoms with Crippen molar-refractivity contribution in [2.45, 2.75) is 37.0 Å². The minimum Gasteiger partial charge on any atom is -0.385 e. The van der Waals surface area contributed by atoms with E-state index in [2.05, 4.69) is 5.32 Å². The van der Waals surface area contributed by atoms with Crippen LogP contribution in [0.1, 0.15) is 25.7 Å². The van der Waals surface area contributed by atoms with Gasteiger partial charge in [-0.15, -0.1) is 0 Å². The van der Waals surface area contributed by atoms with E-state index >= 15 is 0 Å². The number of rotatable bonds is 6. The van der Waals surface area contributed by atoms with Crippen molar-refractivity contribution in [1.82, 2.24) is 5.32 Å². The van der Waals surface area contributed by atoms with Gasteiger partial charge in [-0.05, 0) is 19.3 Å². The van der Waals surface area contributed by atoms with Crippen molar-refractivity contribution >= 4 is 15.7 Å². The molecule has 1 aliphatic heterocycles. The molecule has 0 aromatic heterocycles. The van der Waals surface area contributed by atoms with Crippen LogP contribution in [0.4, 0.5) is 0 Å². The molecule has 0 aromatic rings. The first-order chi connectivity index (χ1) is 8.51. The standard InChI is InChI=1S/C11H22N2O4S/c1-17-6-5-9(8-12)13-11(14)10-4-2-3-7-18(10,15)16/h9-10H,2-8,12H2,1H3,(H,13,14). The minimum atomic E-state index is -3.28. The molecule has 1 fully saturated rings. The second-order valence-electron chi connectivity index (χ2n) is 4.57. The molecule has 0 aliphatic carbocycles. The van der Waals surface area contributed by atoms with Crippen molar-refractivity contribution in [2.75, 3.05) is 26.0 Å². The van der Waals surface area contributed by atoms with Gasteiger partial charge in [0.15, 0.2) is 9.84 Å². The Bertz CT molecular complexity index is 369. The smallest absolute Gasteiger partial charge is 0.238 e. The van der Waals surface area contributed by atoms with Crippen LogP contribution in [0.5, 0.6) is 0 Å². The normalized spacial score (nSPS) is 24.4. The van der Waals surface area contributed by atoms with Gasteiger partial charge < -0.3 is 15.8 Å². The van der Waals surface area contributed by atoms with Crippen molar-refractivity contribution in [2.24, 2.45) is 5.73 Å². The largest absolute Gasteiger partial charge is 0.385 e. The summed E-state index contributed by atoms with van der Waals surface area (Å²) in [7, 11) is -1.71. The molecule has 1 saturated heterocycles. The number of hydrogen-bond acceptors (Lipinski definition) is 5. The molecule has 2 unspecified atom stereocenters. The van der Waals surface area contributed by atoms with E-state index in [1.54, 1.807) is 7.11 Å². The fourth-order valence-corrected chi connectivity index (χ4v) is 3.86. The molecule has 0 bridgehead atoms. The summed E-state index contributed by atoms with van der Waals surface area (Å²) in [6, 6.07) is -0.227. The highest BCUT2D eigenvalue weighted by Crippen LogP contribution is 2.19. The van der Waals surface area contributed by atoms with Crippen molar-refractivity contribution in [3.8, 4) is 0 Å². The van der Waals surface area contributed by atoms with Crippen LogP contribution in [-0.2, 0) is 19.4 Å². The van der Waals surface area contributed by atoms with E-state index in [9.17, 15) is 13.2 Å². The number of hydrogen-bond donors (Lipinski definition) is 2. The monoisotopic (exact) mass is 278 g/mol. The van der Waals surface area contributed by atoms with Gasteiger partial charge in [0.2, 0.25) is 5.91 Å². The average molecular weight is 278 g/mol. The van der Waals surface area contributed by atoms with Crippen LogP contribution in [-0.4, -0.2) is 51.6 Å². The van der Waals surface area contributed by atoms with Crippen molar-refractivity contribution in [3.63, 3.8) is 0 Å². The first-order valence-corrected chi connectivity index (χ1v) is 7.93. The maximum Gasteiger partial charge on any atom is 0.238 e. The van der Waals surface area contributed by atoms with Gasteiger partial charge in [0.05, 0.1) is 5.75 Å². The topological polar surface area (TPSA) is 98.5 Å². The predicted molar refractivity (Wildman–Crippen MR) is 68.9 cm³/mol. The van der Waals surface area contributed by atoms with E-state index in [-0.39, 0.29) is 18.3 Å². The Morgan fingerprint density at radius 2 is 2.22 bits per heavy atom. The van der Waals surface area contributed by atoms with E-state index < -0.39 is 21.0 Å². The fraction of sp³-hybridized carbons (Fsp3) is 0.909. The molecule has 0 saturated carbocycles. The molecule has 3 N–H and O–H groups in total. The van der Waals surface area contributed by atoms with E-state index in [0.29, 0.717) is 25.9 Å². The Labute approximate surface area is 108 Å². The highest BCUT2D eigenvalue weighted by molar-refractivity contribution is 7.92. The number of sulfone groups is 1.